The Morgan fingerprint density at radius 1 is 1.26 bits per heavy atom. The predicted molar refractivity (Wildman–Crippen MR) is 71.8 cm³/mol. The maximum absolute atomic E-state index is 12.2. The Labute approximate surface area is 110 Å². The number of aryl methyl sites for hydroxylation is 1. The van der Waals surface area contributed by atoms with Crippen LogP contribution in [0.25, 0.3) is 0 Å². The Bertz CT molecular complexity index is 687. The molecule has 0 amide bonds. The lowest BCUT2D eigenvalue weighted by atomic mass is 10.3. The van der Waals surface area contributed by atoms with Gasteiger partial charge in [-0.25, -0.2) is 8.42 Å². The normalized spacial score (nSPS) is 11.1. The van der Waals surface area contributed by atoms with Crippen LogP contribution in [0.2, 0.25) is 0 Å². The van der Waals surface area contributed by atoms with Gasteiger partial charge in [-0.2, -0.15) is 0 Å². The number of anilines is 2. The molecular formula is C11H13N5O2S. The monoisotopic (exact) mass is 279 g/mol. The first kappa shape index (κ1) is 13.2. The first-order chi connectivity index (χ1) is 9.03. The van der Waals surface area contributed by atoms with E-state index in [9.17, 15) is 8.42 Å². The van der Waals surface area contributed by atoms with Crippen LogP contribution in [0, 0.1) is 6.92 Å². The molecule has 2 rings (SSSR count). The lowest BCUT2D eigenvalue weighted by molar-refractivity contribution is 0.601. The lowest BCUT2D eigenvalue weighted by Gasteiger charge is -2.11. The molecule has 2 heterocycles. The molecule has 0 fully saturated rings. The molecule has 2 aromatic rings. The topological polar surface area (TPSA) is 110 Å². The molecule has 8 heteroatoms. The number of hydrogen-bond donors (Lipinski definition) is 3. The average Bonchev–Trinajstić information content (AvgIpc) is 2.38. The summed E-state index contributed by atoms with van der Waals surface area (Å²) in [6.45, 7) is 1.77. The number of nitrogen functional groups attached to an aromatic ring is 1. The quantitative estimate of drug-likeness (QED) is 0.566. The van der Waals surface area contributed by atoms with Crippen LogP contribution in [0.15, 0.2) is 41.7 Å². The summed E-state index contributed by atoms with van der Waals surface area (Å²) in [5.74, 6) is 5.28. The number of hydrogen-bond acceptors (Lipinski definition) is 6. The first-order valence-electron chi connectivity index (χ1n) is 5.39. The highest BCUT2D eigenvalue weighted by Gasteiger charge is 2.18. The number of nitrogens with zero attached hydrogens (tertiary/aromatic N) is 2. The van der Waals surface area contributed by atoms with Gasteiger partial charge in [-0.1, -0.05) is 0 Å². The van der Waals surface area contributed by atoms with E-state index in [1.165, 1.54) is 24.7 Å². The van der Waals surface area contributed by atoms with E-state index in [0.717, 1.165) is 0 Å². The number of nitrogens with one attached hydrogen (secondary N) is 2. The molecule has 7 nitrogen and oxygen atoms in total. The molecule has 0 aromatic carbocycles. The standard InChI is InChI=1S/C11H13N5O2S/c1-8-6-9(2-5-14-8)16-19(17,18)11-7-13-4-3-10(11)15-12/h2-7H,12H2,1H3,(H,13,15)(H,14,16). The van der Waals surface area contributed by atoms with Gasteiger partial charge < -0.3 is 5.43 Å². The molecule has 2 aromatic heterocycles. The molecule has 4 N–H and O–H groups in total. The van der Waals surface area contributed by atoms with Crippen LogP contribution in [-0.4, -0.2) is 18.4 Å². The Morgan fingerprint density at radius 3 is 2.74 bits per heavy atom. The minimum Gasteiger partial charge on any atom is -0.323 e. The molecule has 0 spiro atoms. The van der Waals surface area contributed by atoms with Crippen LogP contribution in [0.1, 0.15) is 5.69 Å². The molecule has 0 unspecified atom stereocenters. The fourth-order valence-corrected chi connectivity index (χ4v) is 2.70. The van der Waals surface area contributed by atoms with Gasteiger partial charge in [0.25, 0.3) is 10.0 Å². The van der Waals surface area contributed by atoms with Crippen molar-refractivity contribution >= 4 is 21.4 Å². The third-order valence-corrected chi connectivity index (χ3v) is 3.79. The van der Waals surface area contributed by atoms with Crippen LogP contribution in [-0.2, 0) is 10.0 Å². The van der Waals surface area contributed by atoms with Crippen molar-refractivity contribution in [2.75, 3.05) is 10.1 Å². The van der Waals surface area contributed by atoms with Crippen molar-refractivity contribution in [3.05, 3.63) is 42.5 Å². The second kappa shape index (κ2) is 5.21. The Morgan fingerprint density at radius 2 is 2.05 bits per heavy atom. The second-order valence-electron chi connectivity index (χ2n) is 3.81. The van der Waals surface area contributed by atoms with E-state index in [1.807, 2.05) is 0 Å². The van der Waals surface area contributed by atoms with E-state index in [-0.39, 0.29) is 10.6 Å². The average molecular weight is 279 g/mol. The molecular weight excluding hydrogens is 266 g/mol. The molecule has 19 heavy (non-hydrogen) atoms. The zero-order chi connectivity index (χ0) is 13.9. The molecule has 0 saturated carbocycles. The van der Waals surface area contributed by atoms with Crippen LogP contribution in [0.3, 0.4) is 0 Å². The summed E-state index contributed by atoms with van der Waals surface area (Å²) >= 11 is 0. The Hall–Kier alpha value is -2.19. The number of nitrogens with two attached hydrogens (primary N) is 1. The fourth-order valence-electron chi connectivity index (χ4n) is 1.53. The maximum Gasteiger partial charge on any atom is 0.265 e. The summed E-state index contributed by atoms with van der Waals surface area (Å²) in [6, 6.07) is 4.67. The van der Waals surface area contributed by atoms with Crippen molar-refractivity contribution < 1.29 is 8.42 Å². The highest BCUT2D eigenvalue weighted by molar-refractivity contribution is 7.92. The fraction of sp³-hybridized carbons (Fsp3) is 0.0909. The Kier molecular flexibility index (Phi) is 3.63. The number of aromatic nitrogens is 2. The van der Waals surface area contributed by atoms with Gasteiger partial charge in [-0.15, -0.1) is 0 Å². The predicted octanol–water partition coefficient (Wildman–Crippen LogP) is 0.871. The SMILES string of the molecule is Cc1cc(NS(=O)(=O)c2cnccc2NN)ccn1. The van der Waals surface area contributed by atoms with E-state index in [4.69, 9.17) is 5.84 Å². The molecule has 0 atom stereocenters. The largest absolute Gasteiger partial charge is 0.323 e. The van der Waals surface area contributed by atoms with Crippen molar-refractivity contribution in [1.82, 2.24) is 9.97 Å². The zero-order valence-corrected chi connectivity index (χ0v) is 11.0. The molecule has 0 saturated heterocycles. The van der Waals surface area contributed by atoms with Crippen molar-refractivity contribution in [2.45, 2.75) is 11.8 Å². The van der Waals surface area contributed by atoms with Gasteiger partial charge in [-0.3, -0.25) is 20.5 Å². The lowest BCUT2D eigenvalue weighted by Crippen LogP contribution is -2.18. The van der Waals surface area contributed by atoms with Gasteiger partial charge in [0.2, 0.25) is 0 Å². The summed E-state index contributed by atoms with van der Waals surface area (Å²) in [4.78, 5) is 7.77. The number of sulfonamides is 1. The van der Waals surface area contributed by atoms with Crippen LogP contribution >= 0.6 is 0 Å². The van der Waals surface area contributed by atoms with Crippen LogP contribution in [0.5, 0.6) is 0 Å². The van der Waals surface area contributed by atoms with Gasteiger partial charge in [0, 0.05) is 24.3 Å². The van der Waals surface area contributed by atoms with Crippen molar-refractivity contribution in [3.8, 4) is 0 Å². The maximum atomic E-state index is 12.2. The smallest absolute Gasteiger partial charge is 0.265 e. The molecule has 0 radical (unpaired) electrons. The summed E-state index contributed by atoms with van der Waals surface area (Å²) in [7, 11) is -3.76. The number of hydrazine groups is 1. The van der Waals surface area contributed by atoms with Crippen molar-refractivity contribution in [2.24, 2.45) is 5.84 Å². The molecule has 100 valence electrons. The van der Waals surface area contributed by atoms with Crippen molar-refractivity contribution in [3.63, 3.8) is 0 Å². The van der Waals surface area contributed by atoms with Crippen LogP contribution < -0.4 is 16.0 Å². The van der Waals surface area contributed by atoms with E-state index < -0.39 is 10.0 Å². The van der Waals surface area contributed by atoms with E-state index >= 15 is 0 Å². The van der Waals surface area contributed by atoms with E-state index in [2.05, 4.69) is 20.1 Å². The molecule has 0 aliphatic carbocycles. The zero-order valence-electron chi connectivity index (χ0n) is 10.2. The molecule has 0 aliphatic heterocycles. The minimum absolute atomic E-state index is 0.0213. The van der Waals surface area contributed by atoms with Gasteiger partial charge in [-0.05, 0) is 25.1 Å². The third kappa shape index (κ3) is 2.98. The highest BCUT2D eigenvalue weighted by Crippen LogP contribution is 2.21. The van der Waals surface area contributed by atoms with Gasteiger partial charge in [0.05, 0.1) is 11.4 Å². The van der Waals surface area contributed by atoms with Gasteiger partial charge in [0.1, 0.15) is 4.90 Å². The van der Waals surface area contributed by atoms with Crippen LogP contribution in [0.4, 0.5) is 11.4 Å². The van der Waals surface area contributed by atoms with E-state index in [1.54, 1.807) is 19.1 Å². The summed E-state index contributed by atoms with van der Waals surface area (Å²) in [5, 5.41) is 0. The Balaban J connectivity index is 2.38. The highest BCUT2D eigenvalue weighted by atomic mass is 32.2. The van der Waals surface area contributed by atoms with E-state index in [0.29, 0.717) is 11.4 Å². The summed E-state index contributed by atoms with van der Waals surface area (Å²) < 4.78 is 26.9. The van der Waals surface area contributed by atoms with Gasteiger partial charge in [0.15, 0.2) is 0 Å². The molecule has 0 bridgehead atoms. The van der Waals surface area contributed by atoms with Crippen molar-refractivity contribution in [1.29, 1.82) is 0 Å². The minimum atomic E-state index is -3.76. The molecule has 0 aliphatic rings. The number of pyridine rings is 2. The summed E-state index contributed by atoms with van der Waals surface area (Å²) in [6.07, 6.45) is 4.20. The first-order valence-corrected chi connectivity index (χ1v) is 6.87. The van der Waals surface area contributed by atoms with Gasteiger partial charge >= 0.3 is 0 Å². The third-order valence-electron chi connectivity index (χ3n) is 2.38. The second-order valence-corrected chi connectivity index (χ2v) is 5.46. The summed E-state index contributed by atoms with van der Waals surface area (Å²) in [5.41, 5.74) is 3.74. The number of rotatable bonds is 4.